The molecule has 0 atom stereocenters. The van der Waals surface area contributed by atoms with Crippen LogP contribution < -0.4 is 33.2 Å². The van der Waals surface area contributed by atoms with Crippen molar-refractivity contribution in [2.75, 3.05) is 24.6 Å². The maximum Gasteiger partial charge on any atom is 0.243 e. The van der Waals surface area contributed by atoms with Gasteiger partial charge in [0, 0.05) is 24.6 Å². The third kappa shape index (κ3) is 12.3. The molecule has 0 aliphatic rings. The van der Waals surface area contributed by atoms with E-state index in [9.17, 15) is 19.2 Å². The number of carbonyl (C=O) groups is 4. The zero-order chi connectivity index (χ0) is 16.8. The summed E-state index contributed by atoms with van der Waals surface area (Å²) in [6, 6.07) is 0. The lowest BCUT2D eigenvalue weighted by Crippen LogP contribution is -2.36. The van der Waals surface area contributed by atoms with Crippen LogP contribution >= 0.6 is 21.6 Å². The number of hydrogen-bond acceptors (Lipinski definition) is 8. The molecule has 22 heavy (non-hydrogen) atoms. The van der Waals surface area contributed by atoms with Crippen LogP contribution in [0.1, 0.15) is 12.8 Å². The molecule has 0 aromatic carbocycles. The van der Waals surface area contributed by atoms with Crippen LogP contribution in [-0.2, 0) is 19.2 Å². The lowest BCUT2D eigenvalue weighted by molar-refractivity contribution is -0.130. The van der Waals surface area contributed by atoms with Gasteiger partial charge in [-0.1, -0.05) is 21.6 Å². The van der Waals surface area contributed by atoms with Crippen LogP contribution in [0.15, 0.2) is 0 Å². The molecule has 0 aromatic rings. The molecule has 126 valence electrons. The SMILES string of the molecule is NNC(=O)CC(=O)NCCSSCCNC(=O)CC(=O)NN. The van der Waals surface area contributed by atoms with Crippen LogP contribution in [0.3, 0.4) is 0 Å². The molecule has 0 spiro atoms. The normalized spacial score (nSPS) is 9.73. The van der Waals surface area contributed by atoms with E-state index in [2.05, 4.69) is 10.6 Å². The second kappa shape index (κ2) is 13.2. The molecule has 0 radical (unpaired) electrons. The molecular weight excluding hydrogens is 332 g/mol. The number of hydrogen-bond donors (Lipinski definition) is 6. The van der Waals surface area contributed by atoms with Crippen molar-refractivity contribution in [1.29, 1.82) is 0 Å². The van der Waals surface area contributed by atoms with Crippen LogP contribution in [0.4, 0.5) is 0 Å². The number of amides is 4. The Bertz CT molecular complexity index is 360. The summed E-state index contributed by atoms with van der Waals surface area (Å²) in [4.78, 5) is 44.0. The van der Waals surface area contributed by atoms with Gasteiger partial charge < -0.3 is 10.6 Å². The quantitative estimate of drug-likeness (QED) is 0.0585. The highest BCUT2D eigenvalue weighted by Gasteiger charge is 2.07. The third-order valence-corrected chi connectivity index (χ3v) is 4.47. The molecule has 4 amide bonds. The summed E-state index contributed by atoms with van der Waals surface area (Å²) < 4.78 is 0. The van der Waals surface area contributed by atoms with Crippen LogP contribution in [0.5, 0.6) is 0 Å². The van der Waals surface area contributed by atoms with E-state index in [4.69, 9.17) is 11.7 Å². The van der Waals surface area contributed by atoms with Crippen LogP contribution in [0.25, 0.3) is 0 Å². The van der Waals surface area contributed by atoms with E-state index in [1.165, 1.54) is 21.6 Å². The standard InChI is InChI=1S/C10H20N6O4S2/c11-15-9(19)5-7(17)13-1-3-21-22-4-2-14-8(18)6-10(20)16-12/h1-6,11-12H2,(H,13,17)(H,14,18)(H,15,19)(H,16,20). The van der Waals surface area contributed by atoms with E-state index in [1.54, 1.807) is 0 Å². The van der Waals surface area contributed by atoms with Gasteiger partial charge in [-0.05, 0) is 0 Å². The molecule has 0 bridgehead atoms. The van der Waals surface area contributed by atoms with Gasteiger partial charge in [0.1, 0.15) is 12.8 Å². The van der Waals surface area contributed by atoms with Crippen molar-refractivity contribution in [3.05, 3.63) is 0 Å². The van der Waals surface area contributed by atoms with Gasteiger partial charge in [0.05, 0.1) is 0 Å². The largest absolute Gasteiger partial charge is 0.355 e. The highest BCUT2D eigenvalue weighted by atomic mass is 33.1. The molecule has 0 aliphatic carbocycles. The first-order valence-electron chi connectivity index (χ1n) is 6.26. The van der Waals surface area contributed by atoms with Crippen molar-refractivity contribution in [3.63, 3.8) is 0 Å². The van der Waals surface area contributed by atoms with Crippen molar-refractivity contribution in [2.45, 2.75) is 12.8 Å². The second-order valence-corrected chi connectivity index (χ2v) is 6.53. The van der Waals surface area contributed by atoms with Gasteiger partial charge >= 0.3 is 0 Å². The average molecular weight is 352 g/mol. The Morgan fingerprint density at radius 1 is 0.682 bits per heavy atom. The van der Waals surface area contributed by atoms with E-state index in [-0.39, 0.29) is 24.7 Å². The van der Waals surface area contributed by atoms with Gasteiger partial charge in [0.15, 0.2) is 0 Å². The molecule has 0 rings (SSSR count). The smallest absolute Gasteiger partial charge is 0.243 e. The van der Waals surface area contributed by atoms with Gasteiger partial charge in [0.25, 0.3) is 0 Å². The minimum atomic E-state index is -0.543. The van der Waals surface area contributed by atoms with Crippen molar-refractivity contribution < 1.29 is 19.2 Å². The van der Waals surface area contributed by atoms with E-state index in [1.807, 2.05) is 10.9 Å². The second-order valence-electron chi connectivity index (χ2n) is 3.83. The molecule has 0 heterocycles. The summed E-state index contributed by atoms with van der Waals surface area (Å²) in [5, 5.41) is 5.14. The Morgan fingerprint density at radius 2 is 1.05 bits per heavy atom. The Labute approximate surface area is 135 Å². The highest BCUT2D eigenvalue weighted by Crippen LogP contribution is 2.19. The topological polar surface area (TPSA) is 168 Å². The zero-order valence-corrected chi connectivity index (χ0v) is 13.5. The number of nitrogens with two attached hydrogens (primary N) is 2. The minimum Gasteiger partial charge on any atom is -0.355 e. The molecule has 0 saturated carbocycles. The number of carbonyl (C=O) groups excluding carboxylic acids is 4. The minimum absolute atomic E-state index is 0.295. The Balaban J connectivity index is 3.40. The Hall–Kier alpha value is -1.50. The molecule has 10 nitrogen and oxygen atoms in total. The molecule has 0 saturated heterocycles. The predicted octanol–water partition coefficient (Wildman–Crippen LogP) is -2.64. The monoisotopic (exact) mass is 352 g/mol. The number of rotatable bonds is 11. The van der Waals surface area contributed by atoms with Crippen molar-refractivity contribution in [1.82, 2.24) is 21.5 Å². The zero-order valence-electron chi connectivity index (χ0n) is 11.8. The summed E-state index contributed by atoms with van der Waals surface area (Å²) in [6.45, 7) is 0.856. The van der Waals surface area contributed by atoms with E-state index in [0.717, 1.165) is 0 Å². The molecule has 8 N–H and O–H groups in total. The molecule has 0 aromatic heterocycles. The van der Waals surface area contributed by atoms with Gasteiger partial charge in [-0.3, -0.25) is 30.0 Å². The first kappa shape index (κ1) is 20.5. The molecule has 0 unspecified atom stereocenters. The predicted molar refractivity (Wildman–Crippen MR) is 84.8 cm³/mol. The first-order chi connectivity index (χ1) is 10.5. The summed E-state index contributed by atoms with van der Waals surface area (Å²) >= 11 is 0. The first-order valence-corrected chi connectivity index (χ1v) is 8.75. The summed E-state index contributed by atoms with van der Waals surface area (Å²) in [5.74, 6) is 9.16. The van der Waals surface area contributed by atoms with Crippen LogP contribution in [0.2, 0.25) is 0 Å². The number of nitrogens with one attached hydrogen (secondary N) is 4. The Kier molecular flexibility index (Phi) is 12.3. The van der Waals surface area contributed by atoms with Gasteiger partial charge in [-0.2, -0.15) is 0 Å². The maximum absolute atomic E-state index is 11.2. The maximum atomic E-state index is 11.2. The lowest BCUT2D eigenvalue weighted by Gasteiger charge is -2.05. The molecule has 0 fully saturated rings. The Morgan fingerprint density at radius 3 is 1.36 bits per heavy atom. The summed E-state index contributed by atoms with van der Waals surface area (Å²) in [7, 11) is 3.03. The summed E-state index contributed by atoms with van der Waals surface area (Å²) in [5.41, 5.74) is 3.74. The highest BCUT2D eigenvalue weighted by molar-refractivity contribution is 8.76. The average Bonchev–Trinajstić information content (AvgIpc) is 2.49. The number of hydrazine groups is 2. The molecular formula is C10H20N6O4S2. The van der Waals surface area contributed by atoms with Crippen molar-refractivity contribution >= 4 is 45.2 Å². The van der Waals surface area contributed by atoms with Crippen molar-refractivity contribution in [3.8, 4) is 0 Å². The van der Waals surface area contributed by atoms with Crippen LogP contribution in [-0.4, -0.2) is 48.2 Å². The fraction of sp³-hybridized carbons (Fsp3) is 0.600. The molecule has 12 heteroatoms. The fourth-order valence-corrected chi connectivity index (χ4v) is 2.91. The molecule has 0 aliphatic heterocycles. The van der Waals surface area contributed by atoms with Gasteiger partial charge in [-0.15, -0.1) is 0 Å². The van der Waals surface area contributed by atoms with Crippen LogP contribution in [0, 0.1) is 0 Å². The lowest BCUT2D eigenvalue weighted by atomic mass is 10.4. The third-order valence-electron chi connectivity index (χ3n) is 2.06. The summed E-state index contributed by atoms with van der Waals surface area (Å²) in [6.07, 6.45) is -0.590. The van der Waals surface area contributed by atoms with Crippen molar-refractivity contribution in [2.24, 2.45) is 11.7 Å². The van der Waals surface area contributed by atoms with Gasteiger partial charge in [0.2, 0.25) is 23.6 Å². The van der Waals surface area contributed by atoms with E-state index < -0.39 is 11.8 Å². The van der Waals surface area contributed by atoms with Gasteiger partial charge in [-0.25, -0.2) is 11.7 Å². The fourth-order valence-electron chi connectivity index (χ4n) is 1.10. The van der Waals surface area contributed by atoms with E-state index in [0.29, 0.717) is 24.6 Å². The van der Waals surface area contributed by atoms with E-state index >= 15 is 0 Å².